The van der Waals surface area contributed by atoms with E-state index in [1.165, 1.54) is 24.8 Å². The van der Waals surface area contributed by atoms with Gasteiger partial charge in [0.05, 0.1) is 12.2 Å². The molecule has 1 aliphatic heterocycles. The molecule has 0 aromatic heterocycles. The first-order valence-corrected chi connectivity index (χ1v) is 7.62. The summed E-state index contributed by atoms with van der Waals surface area (Å²) in [5.41, 5.74) is 1.23. The van der Waals surface area contributed by atoms with Gasteiger partial charge in [-0.15, -0.1) is 0 Å². The largest absolute Gasteiger partial charge is 0.390 e. The highest BCUT2D eigenvalue weighted by Gasteiger charge is 2.49. The van der Waals surface area contributed by atoms with Gasteiger partial charge in [-0.3, -0.25) is 0 Å². The average Bonchev–Trinajstić information content (AvgIpc) is 2.65. The summed E-state index contributed by atoms with van der Waals surface area (Å²) >= 11 is 0. The van der Waals surface area contributed by atoms with Crippen LogP contribution < -0.4 is 0 Å². The lowest BCUT2D eigenvalue weighted by atomic mass is 9.94. The maximum atomic E-state index is 10.5. The highest BCUT2D eigenvalue weighted by Crippen LogP contribution is 2.42. The summed E-state index contributed by atoms with van der Waals surface area (Å²) in [5, 5.41) is 10.5. The molecular weight excluding hydrogens is 240 g/mol. The van der Waals surface area contributed by atoms with Gasteiger partial charge in [-0.25, -0.2) is 0 Å². The third kappa shape index (κ3) is 3.39. The fourth-order valence-electron chi connectivity index (χ4n) is 3.37. The third-order valence-corrected chi connectivity index (χ3v) is 4.30. The number of rotatable bonds is 3. The Kier molecular flexibility index (Phi) is 4.70. The summed E-state index contributed by atoms with van der Waals surface area (Å²) in [7, 11) is 0. The van der Waals surface area contributed by atoms with E-state index in [4.69, 9.17) is 9.47 Å². The normalized spacial score (nSPS) is 33.1. The minimum atomic E-state index is -0.494. The Morgan fingerprint density at radius 3 is 2.42 bits per heavy atom. The average molecular weight is 268 g/mol. The Balaban J connectivity index is 2.02. The number of allylic oxidation sites excluding steroid dienone is 1. The van der Waals surface area contributed by atoms with Gasteiger partial charge >= 0.3 is 0 Å². The molecule has 0 bridgehead atoms. The van der Waals surface area contributed by atoms with Crippen LogP contribution >= 0.6 is 0 Å². The van der Waals surface area contributed by atoms with Crippen molar-refractivity contribution in [3.63, 3.8) is 0 Å². The SMILES string of the molecule is CC(C)=C[C@@H](C)[C@@H](O)[C@H]1OC2(CCCCC2)O[C@@H]1C. The van der Waals surface area contributed by atoms with E-state index in [9.17, 15) is 5.11 Å². The second-order valence-corrected chi connectivity index (χ2v) is 6.47. The Bertz CT molecular complexity index is 327. The van der Waals surface area contributed by atoms with Gasteiger partial charge in [0.25, 0.3) is 0 Å². The van der Waals surface area contributed by atoms with Crippen LogP contribution in [0.25, 0.3) is 0 Å². The highest BCUT2D eigenvalue weighted by molar-refractivity contribution is 5.01. The van der Waals surface area contributed by atoms with Crippen LogP contribution in [0.4, 0.5) is 0 Å². The molecule has 0 aromatic carbocycles. The van der Waals surface area contributed by atoms with Crippen molar-refractivity contribution in [3.8, 4) is 0 Å². The van der Waals surface area contributed by atoms with E-state index in [0.717, 1.165) is 12.8 Å². The Morgan fingerprint density at radius 1 is 1.21 bits per heavy atom. The van der Waals surface area contributed by atoms with Crippen LogP contribution in [0.5, 0.6) is 0 Å². The van der Waals surface area contributed by atoms with Crippen molar-refractivity contribution in [2.45, 2.75) is 83.9 Å². The van der Waals surface area contributed by atoms with Crippen LogP contribution in [0.3, 0.4) is 0 Å². The molecule has 3 heteroatoms. The second kappa shape index (κ2) is 5.94. The van der Waals surface area contributed by atoms with E-state index in [1.807, 2.05) is 13.8 Å². The summed E-state index contributed by atoms with van der Waals surface area (Å²) in [5.74, 6) is -0.312. The number of aliphatic hydroxyl groups is 1. The predicted octanol–water partition coefficient (Wildman–Crippen LogP) is 3.41. The summed E-state index contributed by atoms with van der Waals surface area (Å²) in [4.78, 5) is 0. The lowest BCUT2D eigenvalue weighted by Crippen LogP contribution is -2.39. The van der Waals surface area contributed by atoms with E-state index in [0.29, 0.717) is 0 Å². The molecule has 0 amide bonds. The molecule has 3 nitrogen and oxygen atoms in total. The highest BCUT2D eigenvalue weighted by atomic mass is 16.8. The molecule has 2 rings (SSSR count). The van der Waals surface area contributed by atoms with Crippen LogP contribution in [0.1, 0.15) is 59.8 Å². The van der Waals surface area contributed by atoms with Crippen molar-refractivity contribution >= 4 is 0 Å². The van der Waals surface area contributed by atoms with Gasteiger partial charge in [-0.05, 0) is 33.6 Å². The van der Waals surface area contributed by atoms with E-state index in [2.05, 4.69) is 19.9 Å². The zero-order valence-electron chi connectivity index (χ0n) is 12.7. The molecule has 0 unspecified atom stereocenters. The zero-order chi connectivity index (χ0) is 14.0. The fourth-order valence-corrected chi connectivity index (χ4v) is 3.37. The van der Waals surface area contributed by atoms with Crippen molar-refractivity contribution < 1.29 is 14.6 Å². The zero-order valence-corrected chi connectivity index (χ0v) is 12.7. The van der Waals surface area contributed by atoms with Gasteiger partial charge < -0.3 is 14.6 Å². The Labute approximate surface area is 117 Å². The van der Waals surface area contributed by atoms with Gasteiger partial charge in [0.15, 0.2) is 5.79 Å². The fraction of sp³-hybridized carbons (Fsp3) is 0.875. The van der Waals surface area contributed by atoms with Crippen LogP contribution in [0.15, 0.2) is 11.6 Å². The van der Waals surface area contributed by atoms with Crippen molar-refractivity contribution in [1.82, 2.24) is 0 Å². The van der Waals surface area contributed by atoms with E-state index in [1.54, 1.807) is 0 Å². The van der Waals surface area contributed by atoms with Crippen LogP contribution in [0, 0.1) is 5.92 Å². The summed E-state index contributed by atoms with van der Waals surface area (Å²) in [6.07, 6.45) is 6.92. The van der Waals surface area contributed by atoms with Crippen LogP contribution in [-0.2, 0) is 9.47 Å². The summed E-state index contributed by atoms with van der Waals surface area (Å²) < 4.78 is 12.2. The van der Waals surface area contributed by atoms with Gasteiger partial charge in [-0.1, -0.05) is 25.0 Å². The van der Waals surface area contributed by atoms with Gasteiger partial charge in [0.1, 0.15) is 6.10 Å². The molecule has 1 heterocycles. The predicted molar refractivity (Wildman–Crippen MR) is 75.8 cm³/mol. The molecule has 1 aliphatic carbocycles. The number of ether oxygens (including phenoxy) is 2. The molecule has 0 radical (unpaired) electrons. The molecule has 1 saturated carbocycles. The lowest BCUT2D eigenvalue weighted by molar-refractivity contribution is -0.200. The topological polar surface area (TPSA) is 38.7 Å². The summed E-state index contributed by atoms with van der Waals surface area (Å²) in [6.45, 7) is 8.18. The smallest absolute Gasteiger partial charge is 0.169 e. The molecule has 0 aromatic rings. The minimum Gasteiger partial charge on any atom is -0.390 e. The molecule has 1 saturated heterocycles. The standard InChI is InChI=1S/C16H28O3/c1-11(2)10-12(3)14(17)15-13(4)18-16(19-15)8-6-5-7-9-16/h10,12-15,17H,5-9H2,1-4H3/t12-,13-,14-,15+/m1/s1. The number of aliphatic hydroxyl groups excluding tert-OH is 1. The molecule has 2 aliphatic rings. The van der Waals surface area contributed by atoms with Gasteiger partial charge in [0.2, 0.25) is 0 Å². The van der Waals surface area contributed by atoms with Crippen LogP contribution in [-0.4, -0.2) is 29.2 Å². The maximum absolute atomic E-state index is 10.5. The van der Waals surface area contributed by atoms with Crippen LogP contribution in [0.2, 0.25) is 0 Å². The third-order valence-electron chi connectivity index (χ3n) is 4.30. The van der Waals surface area contributed by atoms with E-state index in [-0.39, 0.29) is 18.1 Å². The quantitative estimate of drug-likeness (QED) is 0.797. The first kappa shape index (κ1) is 15.0. The Hall–Kier alpha value is -0.380. The van der Waals surface area contributed by atoms with Crippen molar-refractivity contribution in [3.05, 3.63) is 11.6 Å². The van der Waals surface area contributed by atoms with E-state index >= 15 is 0 Å². The molecule has 1 spiro atoms. The molecule has 2 fully saturated rings. The maximum Gasteiger partial charge on any atom is 0.169 e. The summed E-state index contributed by atoms with van der Waals surface area (Å²) in [6, 6.07) is 0. The van der Waals surface area contributed by atoms with Crippen molar-refractivity contribution in [2.24, 2.45) is 5.92 Å². The monoisotopic (exact) mass is 268 g/mol. The number of hydrogen-bond donors (Lipinski definition) is 1. The van der Waals surface area contributed by atoms with Crippen molar-refractivity contribution in [2.75, 3.05) is 0 Å². The first-order valence-electron chi connectivity index (χ1n) is 7.62. The molecular formula is C16H28O3. The molecule has 110 valence electrons. The molecule has 4 atom stereocenters. The molecule has 19 heavy (non-hydrogen) atoms. The second-order valence-electron chi connectivity index (χ2n) is 6.47. The minimum absolute atomic E-state index is 0.0267. The van der Waals surface area contributed by atoms with E-state index < -0.39 is 11.9 Å². The van der Waals surface area contributed by atoms with Crippen molar-refractivity contribution in [1.29, 1.82) is 0 Å². The van der Waals surface area contributed by atoms with Gasteiger partial charge in [-0.2, -0.15) is 0 Å². The molecule has 1 N–H and O–H groups in total. The number of hydrogen-bond acceptors (Lipinski definition) is 3. The Morgan fingerprint density at radius 2 is 1.84 bits per heavy atom. The lowest BCUT2D eigenvalue weighted by Gasteiger charge is -2.32. The van der Waals surface area contributed by atoms with Gasteiger partial charge in [0, 0.05) is 18.8 Å². The first-order chi connectivity index (χ1) is 8.93.